The Kier molecular flexibility index (Phi) is 4.35. The molecule has 2 N–H and O–H groups in total. The molecule has 4 rings (SSSR count). The zero-order chi connectivity index (χ0) is 17.9. The van der Waals surface area contributed by atoms with Crippen molar-refractivity contribution in [3.8, 4) is 28.5 Å². The predicted molar refractivity (Wildman–Crippen MR) is 102 cm³/mol. The van der Waals surface area contributed by atoms with Crippen molar-refractivity contribution in [1.82, 2.24) is 14.8 Å². The Morgan fingerprint density at radius 1 is 0.615 bits per heavy atom. The van der Waals surface area contributed by atoms with Crippen molar-refractivity contribution in [2.75, 3.05) is 0 Å². The van der Waals surface area contributed by atoms with E-state index in [0.29, 0.717) is 11.3 Å². The molecule has 0 saturated carbocycles. The Morgan fingerprint density at radius 2 is 1.12 bits per heavy atom. The number of hydrogen-bond donors (Lipinski definition) is 2. The van der Waals surface area contributed by atoms with E-state index in [0.717, 1.165) is 22.6 Å². The molecule has 5 nitrogen and oxygen atoms in total. The Labute approximate surface area is 151 Å². The summed E-state index contributed by atoms with van der Waals surface area (Å²) in [6.07, 6.45) is 0. The first-order valence-corrected chi connectivity index (χ1v) is 8.27. The molecule has 1 heterocycles. The van der Waals surface area contributed by atoms with Crippen molar-refractivity contribution in [1.29, 1.82) is 0 Å². The highest BCUT2D eigenvalue weighted by Gasteiger charge is 2.18. The topological polar surface area (TPSA) is 71.2 Å². The third-order valence-electron chi connectivity index (χ3n) is 4.18. The second-order valence-corrected chi connectivity index (χ2v) is 5.88. The van der Waals surface area contributed by atoms with E-state index in [1.54, 1.807) is 12.1 Å². The van der Waals surface area contributed by atoms with Crippen LogP contribution in [0.1, 0.15) is 0 Å². The molecule has 4 aromatic rings. The van der Waals surface area contributed by atoms with Gasteiger partial charge in [0.05, 0.1) is 0 Å². The molecule has 0 bridgehead atoms. The largest absolute Gasteiger partial charge is 0.488 e. The van der Waals surface area contributed by atoms with Crippen LogP contribution in [0.2, 0.25) is 0 Å². The van der Waals surface area contributed by atoms with Crippen LogP contribution in [0.3, 0.4) is 0 Å². The number of hydrogen-bond acceptors (Lipinski definition) is 4. The smallest absolute Gasteiger partial charge is 0.423 e. The fourth-order valence-corrected chi connectivity index (χ4v) is 2.87. The van der Waals surface area contributed by atoms with E-state index in [4.69, 9.17) is 0 Å². The van der Waals surface area contributed by atoms with Gasteiger partial charge in [0.15, 0.2) is 11.6 Å². The van der Waals surface area contributed by atoms with Crippen molar-refractivity contribution in [2.24, 2.45) is 0 Å². The molecule has 0 unspecified atom stereocenters. The summed E-state index contributed by atoms with van der Waals surface area (Å²) in [5.41, 5.74) is 3.20. The second-order valence-electron chi connectivity index (χ2n) is 5.88. The minimum absolute atomic E-state index is 0.433. The lowest BCUT2D eigenvalue weighted by atomic mass is 9.80. The lowest BCUT2D eigenvalue weighted by molar-refractivity contribution is 0.426. The standard InChI is InChI=1S/C20H16BN3O2/c25-21(26)17-13-11-16(12-14-17)20-23-22-19(15-7-3-1-4-8-15)24(20)18-9-5-2-6-10-18/h1-14,25-26H. The molecular formula is C20H16BN3O2. The van der Waals surface area contributed by atoms with Gasteiger partial charge in [0.1, 0.15) is 0 Å². The van der Waals surface area contributed by atoms with Crippen LogP contribution in [-0.4, -0.2) is 31.9 Å². The molecule has 0 radical (unpaired) electrons. The van der Waals surface area contributed by atoms with Crippen LogP contribution in [0.15, 0.2) is 84.9 Å². The zero-order valence-corrected chi connectivity index (χ0v) is 13.9. The van der Waals surface area contributed by atoms with Gasteiger partial charge in [0, 0.05) is 16.8 Å². The fourth-order valence-electron chi connectivity index (χ4n) is 2.87. The molecule has 0 atom stereocenters. The summed E-state index contributed by atoms with van der Waals surface area (Å²) in [6, 6.07) is 26.8. The maximum Gasteiger partial charge on any atom is 0.488 e. The Bertz CT molecular complexity index is 1000. The van der Waals surface area contributed by atoms with Gasteiger partial charge in [-0.15, -0.1) is 10.2 Å². The van der Waals surface area contributed by atoms with Gasteiger partial charge < -0.3 is 10.0 Å². The van der Waals surface area contributed by atoms with Gasteiger partial charge in [-0.05, 0) is 17.6 Å². The number of benzene rings is 3. The number of rotatable bonds is 4. The first kappa shape index (κ1) is 16.3. The predicted octanol–water partition coefficient (Wildman–Crippen LogP) is 2.28. The van der Waals surface area contributed by atoms with E-state index in [-0.39, 0.29) is 0 Å². The van der Waals surface area contributed by atoms with E-state index in [1.165, 1.54) is 0 Å². The average Bonchev–Trinajstić information content (AvgIpc) is 3.14. The zero-order valence-electron chi connectivity index (χ0n) is 13.9. The van der Waals surface area contributed by atoms with Gasteiger partial charge in [-0.3, -0.25) is 4.57 Å². The first-order chi connectivity index (χ1) is 12.7. The van der Waals surface area contributed by atoms with Gasteiger partial charge >= 0.3 is 7.12 Å². The highest BCUT2D eigenvalue weighted by Crippen LogP contribution is 2.27. The van der Waals surface area contributed by atoms with Gasteiger partial charge in [-0.2, -0.15) is 0 Å². The Balaban J connectivity index is 1.89. The molecule has 1 aromatic heterocycles. The molecule has 0 saturated heterocycles. The Morgan fingerprint density at radius 3 is 1.65 bits per heavy atom. The van der Waals surface area contributed by atoms with Crippen LogP contribution in [0.4, 0.5) is 0 Å². The molecule has 3 aromatic carbocycles. The second kappa shape index (κ2) is 6.96. The molecule has 0 amide bonds. The summed E-state index contributed by atoms with van der Waals surface area (Å²) in [7, 11) is -1.49. The molecule has 6 heteroatoms. The molecule has 0 aliphatic rings. The molecule has 0 aliphatic heterocycles. The normalized spacial score (nSPS) is 10.7. The Hall–Kier alpha value is -3.22. The number of nitrogens with zero attached hydrogens (tertiary/aromatic N) is 3. The maximum atomic E-state index is 9.29. The van der Waals surface area contributed by atoms with Gasteiger partial charge in [-0.1, -0.05) is 72.8 Å². The lowest BCUT2D eigenvalue weighted by Crippen LogP contribution is -2.29. The molecule has 0 aliphatic carbocycles. The van der Waals surface area contributed by atoms with Crippen LogP contribution < -0.4 is 5.46 Å². The van der Waals surface area contributed by atoms with Crippen molar-refractivity contribution in [3.63, 3.8) is 0 Å². The monoisotopic (exact) mass is 341 g/mol. The quantitative estimate of drug-likeness (QED) is 0.559. The molecule has 0 fully saturated rings. The van der Waals surface area contributed by atoms with Crippen molar-refractivity contribution >= 4 is 12.6 Å². The summed E-state index contributed by atoms with van der Waals surface area (Å²) in [5.74, 6) is 1.44. The summed E-state index contributed by atoms with van der Waals surface area (Å²) in [5, 5.41) is 27.4. The maximum absolute atomic E-state index is 9.29. The highest BCUT2D eigenvalue weighted by molar-refractivity contribution is 6.58. The van der Waals surface area contributed by atoms with E-state index < -0.39 is 7.12 Å². The SMILES string of the molecule is OB(O)c1ccc(-c2nnc(-c3ccccc3)n2-c2ccccc2)cc1. The van der Waals surface area contributed by atoms with E-state index in [9.17, 15) is 10.0 Å². The first-order valence-electron chi connectivity index (χ1n) is 8.27. The minimum Gasteiger partial charge on any atom is -0.423 e. The third kappa shape index (κ3) is 3.03. The molecule has 26 heavy (non-hydrogen) atoms. The van der Waals surface area contributed by atoms with Crippen LogP contribution in [0, 0.1) is 0 Å². The minimum atomic E-state index is -1.49. The number of aromatic nitrogens is 3. The average molecular weight is 341 g/mol. The third-order valence-corrected chi connectivity index (χ3v) is 4.18. The van der Waals surface area contributed by atoms with Crippen LogP contribution in [-0.2, 0) is 0 Å². The van der Waals surface area contributed by atoms with Gasteiger partial charge in [0.25, 0.3) is 0 Å². The van der Waals surface area contributed by atoms with Crippen LogP contribution in [0.25, 0.3) is 28.5 Å². The van der Waals surface area contributed by atoms with E-state index in [2.05, 4.69) is 10.2 Å². The molecule has 126 valence electrons. The van der Waals surface area contributed by atoms with E-state index in [1.807, 2.05) is 77.4 Å². The summed E-state index contributed by atoms with van der Waals surface area (Å²) in [6.45, 7) is 0. The summed E-state index contributed by atoms with van der Waals surface area (Å²) >= 11 is 0. The van der Waals surface area contributed by atoms with Crippen LogP contribution in [0.5, 0.6) is 0 Å². The van der Waals surface area contributed by atoms with Gasteiger partial charge in [0.2, 0.25) is 0 Å². The summed E-state index contributed by atoms with van der Waals surface area (Å²) in [4.78, 5) is 0. The van der Waals surface area contributed by atoms with E-state index >= 15 is 0 Å². The van der Waals surface area contributed by atoms with Gasteiger partial charge in [-0.25, -0.2) is 0 Å². The number of para-hydroxylation sites is 1. The summed E-state index contributed by atoms with van der Waals surface area (Å²) < 4.78 is 2.00. The molecular weight excluding hydrogens is 325 g/mol. The highest BCUT2D eigenvalue weighted by atomic mass is 16.4. The van der Waals surface area contributed by atoms with Crippen molar-refractivity contribution in [2.45, 2.75) is 0 Å². The lowest BCUT2D eigenvalue weighted by Gasteiger charge is -2.11. The van der Waals surface area contributed by atoms with Crippen LogP contribution >= 0.6 is 0 Å². The molecule has 0 spiro atoms. The van der Waals surface area contributed by atoms with Crippen molar-refractivity contribution in [3.05, 3.63) is 84.9 Å². The fraction of sp³-hybridized carbons (Fsp3) is 0. The van der Waals surface area contributed by atoms with Crippen molar-refractivity contribution < 1.29 is 10.0 Å².